The van der Waals surface area contributed by atoms with Gasteiger partial charge in [-0.3, -0.25) is 10.1 Å². The number of carbonyl (C=O) groups excluding carboxylic acids is 1. The highest BCUT2D eigenvalue weighted by molar-refractivity contribution is 14.1. The number of halogens is 2. The van der Waals surface area contributed by atoms with E-state index >= 15 is 0 Å². The van der Waals surface area contributed by atoms with E-state index in [1.807, 2.05) is 25.1 Å². The van der Waals surface area contributed by atoms with Crippen LogP contribution in [-0.2, 0) is 0 Å². The number of oxazole rings is 1. The number of amides is 1. The van der Waals surface area contributed by atoms with Crippen LogP contribution < -0.4 is 10.6 Å². The van der Waals surface area contributed by atoms with Crippen LogP contribution in [0.25, 0.3) is 22.6 Å². The summed E-state index contributed by atoms with van der Waals surface area (Å²) in [5.74, 6) is -0.152. The lowest BCUT2D eigenvalue weighted by Crippen LogP contribution is -2.34. The van der Waals surface area contributed by atoms with E-state index in [0.717, 1.165) is 9.13 Å². The summed E-state index contributed by atoms with van der Waals surface area (Å²) in [6.07, 6.45) is 0. The van der Waals surface area contributed by atoms with Crippen LogP contribution in [0.3, 0.4) is 0 Å². The lowest BCUT2D eigenvalue weighted by atomic mass is 10.2. The van der Waals surface area contributed by atoms with Crippen molar-refractivity contribution in [1.82, 2.24) is 10.3 Å². The monoisotopic (exact) mass is 563 g/mol. The van der Waals surface area contributed by atoms with Gasteiger partial charge in [-0.15, -0.1) is 0 Å². The fourth-order valence-electron chi connectivity index (χ4n) is 2.94. The van der Waals surface area contributed by atoms with Crippen LogP contribution in [0.4, 0.5) is 5.69 Å². The van der Waals surface area contributed by atoms with Crippen molar-refractivity contribution in [3.8, 4) is 17.2 Å². The lowest BCUT2D eigenvalue weighted by molar-refractivity contribution is 0.0978. The molecule has 31 heavy (non-hydrogen) atoms. The summed E-state index contributed by atoms with van der Waals surface area (Å²) in [4.78, 5) is 16.9. The predicted molar refractivity (Wildman–Crippen MR) is 134 cm³/mol. The Bertz CT molecular complexity index is 1340. The van der Waals surface area contributed by atoms with Crippen molar-refractivity contribution >= 4 is 74.2 Å². The Kier molecular flexibility index (Phi) is 6.12. The maximum absolute atomic E-state index is 12.4. The topological polar surface area (TPSA) is 87.4 Å². The number of aromatic nitrogens is 1. The number of benzene rings is 3. The van der Waals surface area contributed by atoms with E-state index in [2.05, 4.69) is 38.2 Å². The zero-order valence-electron chi connectivity index (χ0n) is 16.1. The molecule has 0 bridgehead atoms. The van der Waals surface area contributed by atoms with Crippen LogP contribution in [0.15, 0.2) is 59.0 Å². The Morgan fingerprint density at radius 3 is 2.74 bits per heavy atom. The minimum absolute atomic E-state index is 0.0388. The van der Waals surface area contributed by atoms with E-state index < -0.39 is 5.91 Å². The van der Waals surface area contributed by atoms with Gasteiger partial charge in [0.25, 0.3) is 5.91 Å². The molecule has 0 saturated heterocycles. The van der Waals surface area contributed by atoms with Crippen molar-refractivity contribution in [2.24, 2.45) is 0 Å². The van der Waals surface area contributed by atoms with E-state index in [9.17, 15) is 9.90 Å². The predicted octanol–water partition coefficient (Wildman–Crippen LogP) is 5.89. The summed E-state index contributed by atoms with van der Waals surface area (Å²) in [5.41, 5.74) is 3.67. The van der Waals surface area contributed by atoms with Crippen LogP contribution in [0.2, 0.25) is 5.02 Å². The summed E-state index contributed by atoms with van der Waals surface area (Å²) in [6.45, 7) is 1.97. The minimum Gasteiger partial charge on any atom is -0.507 e. The molecule has 0 atom stereocenters. The number of thiocarbonyl (C=S) groups is 1. The number of hydrogen-bond donors (Lipinski definition) is 3. The number of phenolic OH excluding ortho intramolecular Hbond substituents is 1. The fourth-order valence-corrected chi connectivity index (χ4v) is 3.85. The van der Waals surface area contributed by atoms with Gasteiger partial charge in [0.05, 0.1) is 16.1 Å². The van der Waals surface area contributed by atoms with Gasteiger partial charge in [0, 0.05) is 15.3 Å². The molecule has 1 aromatic heterocycles. The highest BCUT2D eigenvalue weighted by Crippen LogP contribution is 2.33. The second kappa shape index (κ2) is 8.81. The molecule has 0 saturated carbocycles. The molecule has 1 heterocycles. The molecule has 0 aliphatic carbocycles. The SMILES string of the molecule is Cc1ccc2nc(-c3ccc(NC(=S)NC(=O)c4cc(I)ccc4Cl)cc3O)oc2c1. The number of aromatic hydroxyl groups is 1. The van der Waals surface area contributed by atoms with Crippen LogP contribution in [-0.4, -0.2) is 21.1 Å². The van der Waals surface area contributed by atoms with E-state index in [-0.39, 0.29) is 10.9 Å². The Morgan fingerprint density at radius 2 is 1.97 bits per heavy atom. The van der Waals surface area contributed by atoms with Crippen molar-refractivity contribution < 1.29 is 14.3 Å². The van der Waals surface area contributed by atoms with Crippen LogP contribution in [0.5, 0.6) is 5.75 Å². The largest absolute Gasteiger partial charge is 0.507 e. The maximum Gasteiger partial charge on any atom is 0.258 e. The van der Waals surface area contributed by atoms with Gasteiger partial charge in [-0.25, -0.2) is 4.98 Å². The number of carbonyl (C=O) groups is 1. The normalized spacial score (nSPS) is 10.8. The summed E-state index contributed by atoms with van der Waals surface area (Å²) < 4.78 is 6.65. The van der Waals surface area contributed by atoms with Crippen LogP contribution in [0, 0.1) is 10.5 Å². The molecular formula is C22H15ClIN3O3S. The zero-order chi connectivity index (χ0) is 22.1. The molecule has 0 spiro atoms. The van der Waals surface area contributed by atoms with E-state index in [4.69, 9.17) is 28.2 Å². The van der Waals surface area contributed by atoms with Gasteiger partial charge >= 0.3 is 0 Å². The van der Waals surface area contributed by atoms with Gasteiger partial charge in [0.15, 0.2) is 10.7 Å². The summed E-state index contributed by atoms with van der Waals surface area (Å²) >= 11 is 13.4. The number of hydrogen-bond acceptors (Lipinski definition) is 5. The average molecular weight is 564 g/mol. The van der Waals surface area contributed by atoms with Gasteiger partial charge in [-0.1, -0.05) is 17.7 Å². The molecule has 0 aliphatic heterocycles. The molecule has 156 valence electrons. The van der Waals surface area contributed by atoms with Gasteiger partial charge in [0.2, 0.25) is 5.89 Å². The average Bonchev–Trinajstić information content (AvgIpc) is 3.12. The van der Waals surface area contributed by atoms with Crippen LogP contribution >= 0.6 is 46.4 Å². The standard InChI is InChI=1S/C22H15ClIN3O3S/c1-11-2-7-17-19(8-11)30-21(26-17)14-5-4-13(10-18(14)28)25-22(31)27-20(29)15-9-12(24)3-6-16(15)23/h2-10,28H,1H3,(H2,25,27,29,31). The number of rotatable bonds is 3. The van der Waals surface area contributed by atoms with Crippen LogP contribution in [0.1, 0.15) is 15.9 Å². The Balaban J connectivity index is 1.49. The van der Waals surface area contributed by atoms with Crippen molar-refractivity contribution in [3.63, 3.8) is 0 Å². The highest BCUT2D eigenvalue weighted by Gasteiger charge is 2.15. The molecule has 0 unspecified atom stereocenters. The molecule has 9 heteroatoms. The van der Waals surface area contributed by atoms with Gasteiger partial charge in [-0.05, 0) is 89.8 Å². The van der Waals surface area contributed by atoms with E-state index in [1.54, 1.807) is 30.3 Å². The van der Waals surface area contributed by atoms with E-state index in [0.29, 0.717) is 38.8 Å². The summed E-state index contributed by atoms with van der Waals surface area (Å²) in [5, 5.41) is 16.3. The van der Waals surface area contributed by atoms with E-state index in [1.165, 1.54) is 6.07 Å². The number of nitrogens with one attached hydrogen (secondary N) is 2. The lowest BCUT2D eigenvalue weighted by Gasteiger charge is -2.11. The number of fused-ring (bicyclic) bond motifs is 1. The molecule has 4 rings (SSSR count). The molecule has 0 fully saturated rings. The van der Waals surface area contributed by atoms with Gasteiger partial charge in [-0.2, -0.15) is 0 Å². The first-order valence-electron chi connectivity index (χ1n) is 9.08. The smallest absolute Gasteiger partial charge is 0.258 e. The van der Waals surface area contributed by atoms with Crippen molar-refractivity contribution in [1.29, 1.82) is 0 Å². The molecule has 4 aromatic rings. The zero-order valence-corrected chi connectivity index (χ0v) is 19.8. The van der Waals surface area contributed by atoms with Gasteiger partial charge in [0.1, 0.15) is 11.3 Å². The number of aryl methyl sites for hydroxylation is 1. The molecule has 6 nitrogen and oxygen atoms in total. The fraction of sp³-hybridized carbons (Fsp3) is 0.0455. The third-order valence-corrected chi connectivity index (χ3v) is 5.63. The van der Waals surface area contributed by atoms with Crippen molar-refractivity contribution in [2.45, 2.75) is 6.92 Å². The summed E-state index contributed by atoms with van der Waals surface area (Å²) in [6, 6.07) is 15.7. The Labute approximate surface area is 201 Å². The minimum atomic E-state index is -0.427. The molecular weight excluding hydrogens is 549 g/mol. The Hall–Kier alpha value is -2.69. The first kappa shape index (κ1) is 21.5. The second-order valence-electron chi connectivity index (χ2n) is 6.75. The highest BCUT2D eigenvalue weighted by atomic mass is 127. The first-order valence-corrected chi connectivity index (χ1v) is 10.9. The first-order chi connectivity index (χ1) is 14.8. The molecule has 0 aliphatic rings. The molecule has 3 aromatic carbocycles. The molecule has 3 N–H and O–H groups in total. The third kappa shape index (κ3) is 4.81. The molecule has 1 amide bonds. The third-order valence-electron chi connectivity index (χ3n) is 4.43. The van der Waals surface area contributed by atoms with Gasteiger partial charge < -0.3 is 14.8 Å². The number of anilines is 1. The Morgan fingerprint density at radius 1 is 1.16 bits per heavy atom. The number of nitrogens with zero attached hydrogens (tertiary/aromatic N) is 1. The summed E-state index contributed by atoms with van der Waals surface area (Å²) in [7, 11) is 0. The second-order valence-corrected chi connectivity index (χ2v) is 8.82. The van der Waals surface area contributed by atoms with Crippen molar-refractivity contribution in [2.75, 3.05) is 5.32 Å². The van der Waals surface area contributed by atoms with Crippen molar-refractivity contribution in [3.05, 3.63) is 74.3 Å². The maximum atomic E-state index is 12.4. The quantitative estimate of drug-likeness (QED) is 0.213. The molecule has 0 radical (unpaired) electrons. The number of phenols is 1.